The molecule has 2 N–H and O–H groups in total. The average molecular weight is 276 g/mol. The van der Waals surface area contributed by atoms with Gasteiger partial charge in [-0.3, -0.25) is 0 Å². The maximum absolute atomic E-state index is 5.86. The Balaban J connectivity index is 2.80. The van der Waals surface area contributed by atoms with E-state index in [1.54, 1.807) is 11.3 Å². The first-order valence-corrected chi connectivity index (χ1v) is 6.59. The predicted molar refractivity (Wildman–Crippen MR) is 67.7 cm³/mol. The second kappa shape index (κ2) is 4.77. The highest BCUT2D eigenvalue weighted by Gasteiger charge is 2.28. The van der Waals surface area contributed by atoms with Crippen LogP contribution < -0.4 is 5.73 Å². The lowest BCUT2D eigenvalue weighted by Gasteiger charge is -2.32. The number of hydrogen-bond acceptors (Lipinski definition) is 2. The van der Waals surface area contributed by atoms with Crippen LogP contribution in [0.4, 0.5) is 0 Å². The Hall–Kier alpha value is 0.140. The second-order valence-corrected chi connectivity index (χ2v) is 6.24. The van der Waals surface area contributed by atoms with Gasteiger partial charge in [-0.2, -0.15) is 0 Å². The molecular formula is C11H18BrNS. The molecule has 1 aromatic heterocycles. The van der Waals surface area contributed by atoms with Crippen molar-refractivity contribution in [1.82, 2.24) is 0 Å². The molecule has 1 aromatic rings. The summed E-state index contributed by atoms with van der Waals surface area (Å²) < 4.78 is 1.22. The zero-order valence-electron chi connectivity index (χ0n) is 9.01. The topological polar surface area (TPSA) is 26.0 Å². The Kier molecular flexibility index (Phi) is 4.16. The van der Waals surface area contributed by atoms with Crippen molar-refractivity contribution < 1.29 is 0 Å². The highest BCUT2D eigenvalue weighted by molar-refractivity contribution is 9.10. The van der Waals surface area contributed by atoms with E-state index >= 15 is 0 Å². The molecule has 0 radical (unpaired) electrons. The van der Waals surface area contributed by atoms with E-state index in [9.17, 15) is 0 Å². The van der Waals surface area contributed by atoms with E-state index in [-0.39, 0.29) is 5.41 Å². The maximum Gasteiger partial charge on any atom is 0.0314 e. The Morgan fingerprint density at radius 3 is 2.57 bits per heavy atom. The number of nitrogens with two attached hydrogens (primary N) is 1. The van der Waals surface area contributed by atoms with Crippen LogP contribution in [0.15, 0.2) is 15.9 Å². The molecule has 80 valence electrons. The molecule has 0 aliphatic rings. The van der Waals surface area contributed by atoms with Gasteiger partial charge in [0, 0.05) is 9.35 Å². The molecule has 0 saturated heterocycles. The first-order chi connectivity index (χ1) is 6.49. The molecule has 0 amide bonds. The third-order valence-electron chi connectivity index (χ3n) is 3.12. The van der Waals surface area contributed by atoms with Crippen molar-refractivity contribution in [3.8, 4) is 0 Å². The van der Waals surface area contributed by atoms with Crippen LogP contribution in [0.2, 0.25) is 0 Å². The fourth-order valence-corrected chi connectivity index (χ4v) is 3.02. The van der Waals surface area contributed by atoms with Gasteiger partial charge in [0.25, 0.3) is 0 Å². The Bertz CT molecular complexity index is 295. The van der Waals surface area contributed by atoms with Gasteiger partial charge in [-0.15, -0.1) is 11.3 Å². The van der Waals surface area contributed by atoms with Crippen LogP contribution in [0, 0.1) is 11.3 Å². The summed E-state index contributed by atoms with van der Waals surface area (Å²) in [7, 11) is 0. The van der Waals surface area contributed by atoms with E-state index in [4.69, 9.17) is 5.73 Å². The summed E-state index contributed by atoms with van der Waals surface area (Å²) in [6.07, 6.45) is 1.07. The van der Waals surface area contributed by atoms with Crippen LogP contribution in [0.5, 0.6) is 0 Å². The smallest absolute Gasteiger partial charge is 0.0314 e. The summed E-state index contributed by atoms with van der Waals surface area (Å²) in [5, 5.41) is 2.12. The second-order valence-electron chi connectivity index (χ2n) is 4.38. The van der Waals surface area contributed by atoms with Crippen molar-refractivity contribution in [2.45, 2.75) is 27.2 Å². The molecule has 0 aliphatic carbocycles. The first-order valence-electron chi connectivity index (χ1n) is 4.91. The maximum atomic E-state index is 5.86. The lowest BCUT2D eigenvalue weighted by Crippen LogP contribution is -2.34. The molecule has 14 heavy (non-hydrogen) atoms. The van der Waals surface area contributed by atoms with Gasteiger partial charge in [0.15, 0.2) is 0 Å². The molecule has 3 heteroatoms. The van der Waals surface area contributed by atoms with E-state index < -0.39 is 0 Å². The van der Waals surface area contributed by atoms with Gasteiger partial charge < -0.3 is 5.73 Å². The molecule has 0 saturated carbocycles. The zero-order chi connectivity index (χ0) is 10.8. The fraction of sp³-hybridized carbons (Fsp3) is 0.636. The van der Waals surface area contributed by atoms with Crippen molar-refractivity contribution >= 4 is 27.3 Å². The van der Waals surface area contributed by atoms with Gasteiger partial charge in [0.2, 0.25) is 0 Å². The van der Waals surface area contributed by atoms with Crippen LogP contribution in [0.1, 0.15) is 25.6 Å². The predicted octanol–water partition coefficient (Wildman–Crippen LogP) is 3.67. The lowest BCUT2D eigenvalue weighted by molar-refractivity contribution is 0.229. The number of thiophene rings is 1. The van der Waals surface area contributed by atoms with Crippen LogP contribution in [-0.2, 0) is 6.42 Å². The third-order valence-corrected chi connectivity index (χ3v) is 5.04. The fourth-order valence-electron chi connectivity index (χ4n) is 1.33. The SMILES string of the molecule is CC(C)C(C)(CN)Cc1sccc1Br. The summed E-state index contributed by atoms with van der Waals surface area (Å²) in [5.74, 6) is 0.612. The van der Waals surface area contributed by atoms with Gasteiger partial charge in [0.05, 0.1) is 0 Å². The van der Waals surface area contributed by atoms with E-state index in [2.05, 4.69) is 48.1 Å². The third kappa shape index (κ3) is 2.59. The minimum atomic E-state index is 0.216. The molecule has 1 rings (SSSR count). The number of halogens is 1. The first kappa shape index (κ1) is 12.2. The Labute approximate surface area is 98.8 Å². The van der Waals surface area contributed by atoms with Gasteiger partial charge in [-0.1, -0.05) is 20.8 Å². The van der Waals surface area contributed by atoms with Crippen LogP contribution in [0.25, 0.3) is 0 Å². The molecule has 0 bridgehead atoms. The lowest BCUT2D eigenvalue weighted by atomic mass is 9.76. The largest absolute Gasteiger partial charge is 0.330 e. The standard InChI is InChI=1S/C11H18BrNS/c1-8(2)11(3,7-13)6-10-9(12)4-5-14-10/h4-5,8H,6-7,13H2,1-3H3. The summed E-state index contributed by atoms with van der Waals surface area (Å²) in [6, 6.07) is 2.11. The van der Waals surface area contributed by atoms with Gasteiger partial charge in [0.1, 0.15) is 0 Å². The van der Waals surface area contributed by atoms with Crippen molar-refractivity contribution in [2.75, 3.05) is 6.54 Å². The minimum Gasteiger partial charge on any atom is -0.330 e. The van der Waals surface area contributed by atoms with Crippen LogP contribution in [-0.4, -0.2) is 6.54 Å². The summed E-state index contributed by atoms with van der Waals surface area (Å²) in [4.78, 5) is 1.41. The highest BCUT2D eigenvalue weighted by atomic mass is 79.9. The summed E-state index contributed by atoms with van der Waals surface area (Å²) in [6.45, 7) is 7.50. The average Bonchev–Trinajstić information content (AvgIpc) is 2.51. The van der Waals surface area contributed by atoms with Gasteiger partial charge >= 0.3 is 0 Å². The summed E-state index contributed by atoms with van der Waals surface area (Å²) >= 11 is 5.37. The quantitative estimate of drug-likeness (QED) is 0.892. The van der Waals surface area contributed by atoms with Crippen LogP contribution in [0.3, 0.4) is 0 Å². The van der Waals surface area contributed by atoms with E-state index in [1.165, 1.54) is 9.35 Å². The van der Waals surface area contributed by atoms with Crippen molar-refractivity contribution in [2.24, 2.45) is 17.1 Å². The number of rotatable bonds is 4. The van der Waals surface area contributed by atoms with Crippen LogP contribution >= 0.6 is 27.3 Å². The molecule has 0 spiro atoms. The molecule has 0 aromatic carbocycles. The Morgan fingerprint density at radius 2 is 2.21 bits per heavy atom. The summed E-state index contributed by atoms with van der Waals surface area (Å²) in [5.41, 5.74) is 6.08. The highest BCUT2D eigenvalue weighted by Crippen LogP contribution is 2.35. The van der Waals surface area contributed by atoms with E-state index in [0.717, 1.165) is 13.0 Å². The molecule has 0 aliphatic heterocycles. The van der Waals surface area contributed by atoms with Crippen molar-refractivity contribution in [3.63, 3.8) is 0 Å². The van der Waals surface area contributed by atoms with Gasteiger partial charge in [-0.05, 0) is 51.7 Å². The van der Waals surface area contributed by atoms with Gasteiger partial charge in [-0.25, -0.2) is 0 Å². The van der Waals surface area contributed by atoms with E-state index in [0.29, 0.717) is 5.92 Å². The number of hydrogen-bond donors (Lipinski definition) is 1. The van der Waals surface area contributed by atoms with E-state index in [1.807, 2.05) is 0 Å². The molecule has 1 unspecified atom stereocenters. The normalized spacial score (nSPS) is 15.9. The van der Waals surface area contributed by atoms with Crippen molar-refractivity contribution in [1.29, 1.82) is 0 Å². The molecule has 1 atom stereocenters. The minimum absolute atomic E-state index is 0.216. The monoisotopic (exact) mass is 275 g/mol. The molecular weight excluding hydrogens is 258 g/mol. The molecule has 0 fully saturated rings. The molecule has 1 heterocycles. The molecule has 1 nitrogen and oxygen atoms in total. The zero-order valence-corrected chi connectivity index (χ0v) is 11.4. The van der Waals surface area contributed by atoms with Crippen molar-refractivity contribution in [3.05, 3.63) is 20.8 Å². The Morgan fingerprint density at radius 1 is 1.57 bits per heavy atom.